The number of sulfonamides is 1. The van der Waals surface area contributed by atoms with Gasteiger partial charge < -0.3 is 9.29 Å². The highest BCUT2D eigenvalue weighted by molar-refractivity contribution is 7.99. The zero-order chi connectivity index (χ0) is 19.7. The van der Waals surface area contributed by atoms with Crippen LogP contribution in [0.4, 0.5) is 13.2 Å². The van der Waals surface area contributed by atoms with Crippen LogP contribution in [0.15, 0.2) is 0 Å². The van der Waals surface area contributed by atoms with Crippen molar-refractivity contribution in [3.63, 3.8) is 0 Å². The Morgan fingerprint density at radius 2 is 1.58 bits per heavy atom. The van der Waals surface area contributed by atoms with E-state index in [0.717, 1.165) is 13.8 Å². The number of esters is 1. The van der Waals surface area contributed by atoms with E-state index in [9.17, 15) is 39.9 Å². The van der Waals surface area contributed by atoms with E-state index in [1.165, 1.54) is 20.8 Å². The van der Waals surface area contributed by atoms with E-state index in [4.69, 9.17) is 4.74 Å². The number of hydrogen-bond acceptors (Lipinski definition) is 7. The Bertz CT molecular complexity index is 639. The minimum Gasteiger partial charge on any atom is -0.759 e. The van der Waals surface area contributed by atoms with Crippen molar-refractivity contribution < 1.29 is 44.7 Å². The minimum absolute atomic E-state index is 0.801. The van der Waals surface area contributed by atoms with Gasteiger partial charge in [-0.25, -0.2) is 8.42 Å². The summed E-state index contributed by atoms with van der Waals surface area (Å²) >= 11 is -3.91. The number of rotatable bonds is 6. The van der Waals surface area contributed by atoms with E-state index >= 15 is 0 Å². The first-order valence-electron chi connectivity index (χ1n) is 6.29. The number of alkyl halides is 3. The molecule has 0 fully saturated rings. The molecule has 0 saturated carbocycles. The smallest absolute Gasteiger partial charge is 0.512 e. The summed E-state index contributed by atoms with van der Waals surface area (Å²) in [7, 11) is -6.32. The standard InChI is InChI=1S/C11H18F3NO7S2/c1-7(16)10(5,8(17)22-9(2,3)4)6-15(23(18)19)24(20,21)11(12,13)14/h6H2,1-5H3,(H,18,19)/p-1. The van der Waals surface area contributed by atoms with Gasteiger partial charge in [0.25, 0.3) is 0 Å². The summed E-state index contributed by atoms with van der Waals surface area (Å²) in [5.74, 6) is -2.42. The van der Waals surface area contributed by atoms with Crippen LogP contribution in [-0.4, -0.2) is 50.3 Å². The molecule has 0 aromatic rings. The molecule has 0 aliphatic heterocycles. The number of nitrogens with zero attached hydrogens (tertiary/aromatic N) is 1. The van der Waals surface area contributed by atoms with Crippen LogP contribution in [0.25, 0.3) is 0 Å². The molecule has 0 aliphatic rings. The van der Waals surface area contributed by atoms with Gasteiger partial charge in [0.05, 0.1) is 0 Å². The van der Waals surface area contributed by atoms with E-state index in [1.807, 2.05) is 0 Å². The van der Waals surface area contributed by atoms with Crippen LogP contribution in [0.1, 0.15) is 34.6 Å². The number of hydrogen-bond donors (Lipinski definition) is 0. The number of carbonyl (C=O) groups is 2. The molecule has 142 valence electrons. The van der Waals surface area contributed by atoms with Gasteiger partial charge in [-0.3, -0.25) is 13.8 Å². The highest BCUT2D eigenvalue weighted by atomic mass is 32.3. The van der Waals surface area contributed by atoms with Gasteiger partial charge in [0.15, 0.2) is 0 Å². The molecular weight excluding hydrogens is 379 g/mol. The van der Waals surface area contributed by atoms with Gasteiger partial charge in [-0.15, -0.1) is 3.71 Å². The van der Waals surface area contributed by atoms with Crippen molar-refractivity contribution in [3.8, 4) is 0 Å². The average molecular weight is 396 g/mol. The molecule has 0 heterocycles. The van der Waals surface area contributed by atoms with Crippen LogP contribution in [0.3, 0.4) is 0 Å². The fourth-order valence-electron chi connectivity index (χ4n) is 1.30. The SMILES string of the molecule is CC(=O)C(C)(CN(S(=O)[O-])S(=O)(=O)C(F)(F)F)C(=O)OC(C)(C)C. The van der Waals surface area contributed by atoms with Crippen LogP contribution >= 0.6 is 0 Å². The molecule has 2 unspecified atom stereocenters. The Morgan fingerprint density at radius 3 is 1.83 bits per heavy atom. The quantitative estimate of drug-likeness (QED) is 0.371. The molecule has 0 aliphatic carbocycles. The van der Waals surface area contributed by atoms with Crippen molar-refractivity contribution in [1.82, 2.24) is 3.71 Å². The third-order valence-corrected chi connectivity index (χ3v) is 5.46. The molecule has 0 rings (SSSR count). The Balaban J connectivity index is 6.00. The van der Waals surface area contributed by atoms with Gasteiger partial charge in [0.2, 0.25) is 0 Å². The average Bonchev–Trinajstić information content (AvgIpc) is 2.30. The second-order valence-corrected chi connectivity index (χ2v) is 8.98. The Kier molecular flexibility index (Phi) is 6.75. The van der Waals surface area contributed by atoms with Crippen molar-refractivity contribution in [2.75, 3.05) is 6.54 Å². The summed E-state index contributed by atoms with van der Waals surface area (Å²) in [4.78, 5) is 23.8. The molecule has 0 bridgehead atoms. The third kappa shape index (κ3) is 5.22. The number of ketones is 1. The van der Waals surface area contributed by atoms with Crippen LogP contribution in [0.2, 0.25) is 0 Å². The molecule has 0 aromatic heterocycles. The lowest BCUT2D eigenvalue weighted by atomic mass is 9.86. The molecule has 0 saturated heterocycles. The fourth-order valence-corrected chi connectivity index (χ4v) is 3.22. The van der Waals surface area contributed by atoms with Gasteiger partial charge in [0.1, 0.15) is 16.8 Å². The van der Waals surface area contributed by atoms with Gasteiger partial charge in [-0.1, -0.05) is 0 Å². The number of Topliss-reactive ketones (excluding diaryl/α,β-unsaturated/α-hetero) is 1. The van der Waals surface area contributed by atoms with Crippen LogP contribution in [0, 0.1) is 5.41 Å². The molecular formula is C11H17F3NO7S2-. The topological polar surface area (TPSA) is 121 Å². The van der Waals surface area contributed by atoms with E-state index in [-0.39, 0.29) is 0 Å². The summed E-state index contributed by atoms with van der Waals surface area (Å²) < 4.78 is 86.3. The van der Waals surface area contributed by atoms with E-state index in [1.54, 1.807) is 0 Å². The molecule has 0 spiro atoms. The van der Waals surface area contributed by atoms with Crippen LogP contribution in [-0.2, 0) is 35.6 Å². The Hall–Kier alpha value is -1.05. The number of ether oxygens (including phenoxy) is 1. The van der Waals surface area contributed by atoms with Crippen molar-refractivity contribution in [2.45, 2.75) is 45.7 Å². The first-order valence-corrected chi connectivity index (χ1v) is 8.76. The van der Waals surface area contributed by atoms with E-state index in [2.05, 4.69) is 0 Å². The van der Waals surface area contributed by atoms with E-state index in [0.29, 0.717) is 0 Å². The predicted molar refractivity (Wildman–Crippen MR) is 75.2 cm³/mol. The molecule has 0 radical (unpaired) electrons. The molecule has 24 heavy (non-hydrogen) atoms. The van der Waals surface area contributed by atoms with Gasteiger partial charge in [0, 0.05) is 17.8 Å². The highest BCUT2D eigenvalue weighted by Gasteiger charge is 2.54. The third-order valence-electron chi connectivity index (χ3n) is 2.80. The normalized spacial score (nSPS) is 17.2. The largest absolute Gasteiger partial charge is 0.759 e. The van der Waals surface area contributed by atoms with Gasteiger partial charge in [-0.2, -0.15) is 13.2 Å². The monoisotopic (exact) mass is 396 g/mol. The van der Waals surface area contributed by atoms with Crippen LogP contribution < -0.4 is 0 Å². The van der Waals surface area contributed by atoms with Crippen molar-refractivity contribution in [1.29, 1.82) is 0 Å². The zero-order valence-electron chi connectivity index (χ0n) is 13.5. The first-order chi connectivity index (χ1) is 10.4. The maximum Gasteiger partial charge on any atom is 0.512 e. The lowest BCUT2D eigenvalue weighted by Gasteiger charge is -2.34. The molecule has 13 heteroatoms. The van der Waals surface area contributed by atoms with Crippen molar-refractivity contribution >= 4 is 33.0 Å². The molecule has 2 atom stereocenters. The number of carbonyl (C=O) groups excluding carboxylic acids is 2. The molecule has 8 nitrogen and oxygen atoms in total. The van der Waals surface area contributed by atoms with E-state index < -0.39 is 59.8 Å². The van der Waals surface area contributed by atoms with Crippen molar-refractivity contribution in [2.24, 2.45) is 5.41 Å². The Labute approximate surface area is 139 Å². The lowest BCUT2D eigenvalue weighted by Crippen LogP contribution is -2.52. The summed E-state index contributed by atoms with van der Waals surface area (Å²) in [5, 5.41) is 0. The highest BCUT2D eigenvalue weighted by Crippen LogP contribution is 2.32. The second-order valence-electron chi connectivity index (χ2n) is 6.02. The Morgan fingerprint density at radius 1 is 1.17 bits per heavy atom. The van der Waals surface area contributed by atoms with Crippen molar-refractivity contribution in [3.05, 3.63) is 0 Å². The predicted octanol–water partition coefficient (Wildman–Crippen LogP) is 0.869. The van der Waals surface area contributed by atoms with Gasteiger partial charge >= 0.3 is 21.5 Å². The molecule has 0 N–H and O–H groups in total. The summed E-state index contributed by atoms with van der Waals surface area (Å²) in [6.07, 6.45) is 0. The minimum atomic E-state index is -6.32. The summed E-state index contributed by atoms with van der Waals surface area (Å²) in [5.41, 5.74) is -9.53. The van der Waals surface area contributed by atoms with Gasteiger partial charge in [-0.05, 0) is 34.6 Å². The molecule has 0 amide bonds. The zero-order valence-corrected chi connectivity index (χ0v) is 15.1. The summed E-state index contributed by atoms with van der Waals surface area (Å²) in [6.45, 7) is 4.24. The fraction of sp³-hybridized carbons (Fsp3) is 0.818. The molecule has 0 aromatic carbocycles. The number of halogens is 3. The van der Waals surface area contributed by atoms with Crippen LogP contribution in [0.5, 0.6) is 0 Å². The lowest BCUT2D eigenvalue weighted by molar-refractivity contribution is -0.169. The first kappa shape index (κ1) is 22.9. The summed E-state index contributed by atoms with van der Waals surface area (Å²) in [6, 6.07) is 0. The second kappa shape index (κ2) is 7.06. The maximum atomic E-state index is 12.6. The maximum absolute atomic E-state index is 12.6.